The summed E-state index contributed by atoms with van der Waals surface area (Å²) in [6.07, 6.45) is 0. The van der Waals surface area contributed by atoms with Gasteiger partial charge in [0.15, 0.2) is 0 Å². The van der Waals surface area contributed by atoms with Gasteiger partial charge in [-0.05, 0) is 30.3 Å². The lowest BCUT2D eigenvalue weighted by atomic mass is 10.1. The number of aromatic carboxylic acids is 1. The zero-order valence-electron chi connectivity index (χ0n) is 10.6. The van der Waals surface area contributed by atoms with Crippen molar-refractivity contribution in [3.63, 3.8) is 0 Å². The Morgan fingerprint density at radius 3 is 2.52 bits per heavy atom. The summed E-state index contributed by atoms with van der Waals surface area (Å²) < 4.78 is 0. The third kappa shape index (κ3) is 3.51. The van der Waals surface area contributed by atoms with Gasteiger partial charge < -0.3 is 20.6 Å². The Bertz CT molecular complexity index is 704. The van der Waals surface area contributed by atoms with Crippen molar-refractivity contribution in [2.45, 2.75) is 6.54 Å². The van der Waals surface area contributed by atoms with E-state index in [1.54, 1.807) is 6.07 Å². The van der Waals surface area contributed by atoms with E-state index in [0.29, 0.717) is 16.3 Å². The Labute approximate surface area is 130 Å². The lowest BCUT2D eigenvalue weighted by Gasteiger charge is -2.11. The molecule has 110 valence electrons. The fourth-order valence-electron chi connectivity index (χ4n) is 1.77. The number of anilines is 1. The highest BCUT2D eigenvalue weighted by atomic mass is 35.5. The fourth-order valence-corrected chi connectivity index (χ4v) is 2.30. The fraction of sp³-hybridized carbons (Fsp3) is 0.0714. The monoisotopic (exact) mass is 327 g/mol. The highest BCUT2D eigenvalue weighted by molar-refractivity contribution is 6.35. The molecule has 2 rings (SSSR count). The Morgan fingerprint density at radius 2 is 1.86 bits per heavy atom. The first-order chi connectivity index (χ1) is 9.88. The Balaban J connectivity index is 2.21. The first kappa shape index (κ1) is 15.3. The third-order valence-corrected chi connectivity index (χ3v) is 3.32. The van der Waals surface area contributed by atoms with Gasteiger partial charge in [-0.1, -0.05) is 23.2 Å². The number of rotatable bonds is 4. The first-order valence-corrected chi connectivity index (χ1v) is 6.61. The van der Waals surface area contributed by atoms with Gasteiger partial charge in [-0.15, -0.1) is 0 Å². The number of aromatic hydroxyl groups is 2. The van der Waals surface area contributed by atoms with Gasteiger partial charge in [0, 0.05) is 22.8 Å². The molecule has 0 fully saturated rings. The van der Waals surface area contributed by atoms with Crippen LogP contribution in [0.4, 0.5) is 5.69 Å². The molecule has 0 heterocycles. The van der Waals surface area contributed by atoms with Gasteiger partial charge in [-0.25, -0.2) is 4.79 Å². The number of benzene rings is 2. The van der Waals surface area contributed by atoms with Gasteiger partial charge in [-0.3, -0.25) is 0 Å². The second-order valence-corrected chi connectivity index (χ2v) is 5.13. The number of hydrogen-bond donors (Lipinski definition) is 4. The van der Waals surface area contributed by atoms with E-state index in [0.717, 1.165) is 0 Å². The molecular weight excluding hydrogens is 317 g/mol. The summed E-state index contributed by atoms with van der Waals surface area (Å²) in [6, 6.07) is 7.06. The van der Waals surface area contributed by atoms with Crippen LogP contribution in [0.2, 0.25) is 10.0 Å². The quantitative estimate of drug-likeness (QED) is 0.642. The lowest BCUT2D eigenvalue weighted by Crippen LogP contribution is -2.03. The predicted octanol–water partition coefficient (Wildman–Crippen LogP) is 3.71. The van der Waals surface area contributed by atoms with E-state index < -0.39 is 5.97 Å². The standard InChI is InChI=1S/C14H11Cl2NO4/c15-8-3-7(13(19)11(16)4-8)6-17-9-1-2-12(18)10(5-9)14(20)21/h1-5,17-19H,6H2,(H,20,21). The minimum absolute atomic E-state index is 0.0918. The number of phenols is 2. The summed E-state index contributed by atoms with van der Waals surface area (Å²) in [5, 5.41) is 31.6. The molecule has 0 radical (unpaired) electrons. The molecule has 0 aliphatic carbocycles. The minimum Gasteiger partial charge on any atom is -0.507 e. The van der Waals surface area contributed by atoms with Crippen LogP contribution in [0.3, 0.4) is 0 Å². The van der Waals surface area contributed by atoms with E-state index in [9.17, 15) is 15.0 Å². The van der Waals surface area contributed by atoms with Gasteiger partial charge in [-0.2, -0.15) is 0 Å². The Morgan fingerprint density at radius 1 is 1.14 bits per heavy atom. The molecular formula is C14H11Cl2NO4. The molecule has 2 aromatic rings. The molecule has 0 atom stereocenters. The molecule has 0 aliphatic heterocycles. The van der Waals surface area contributed by atoms with Crippen molar-refractivity contribution in [2.75, 3.05) is 5.32 Å². The third-order valence-electron chi connectivity index (χ3n) is 2.82. The van der Waals surface area contributed by atoms with E-state index in [-0.39, 0.29) is 28.6 Å². The van der Waals surface area contributed by atoms with Crippen molar-refractivity contribution in [3.05, 3.63) is 51.5 Å². The van der Waals surface area contributed by atoms with Crippen LogP contribution in [0, 0.1) is 0 Å². The van der Waals surface area contributed by atoms with Crippen LogP contribution in [0.15, 0.2) is 30.3 Å². The molecule has 0 aliphatic rings. The molecule has 0 aromatic heterocycles. The molecule has 0 spiro atoms. The second-order valence-electron chi connectivity index (χ2n) is 4.29. The van der Waals surface area contributed by atoms with E-state index in [1.807, 2.05) is 0 Å². The van der Waals surface area contributed by atoms with E-state index in [4.69, 9.17) is 28.3 Å². The largest absolute Gasteiger partial charge is 0.507 e. The summed E-state index contributed by atoms with van der Waals surface area (Å²) in [4.78, 5) is 10.9. The summed E-state index contributed by atoms with van der Waals surface area (Å²) in [5.41, 5.74) is 0.728. The second kappa shape index (κ2) is 6.11. The van der Waals surface area contributed by atoms with Crippen LogP contribution in [-0.4, -0.2) is 21.3 Å². The molecule has 0 bridgehead atoms. The van der Waals surface area contributed by atoms with Crippen molar-refractivity contribution >= 4 is 34.9 Å². The van der Waals surface area contributed by atoms with Crippen molar-refractivity contribution in [1.82, 2.24) is 0 Å². The van der Waals surface area contributed by atoms with E-state index in [2.05, 4.69) is 5.32 Å². The van der Waals surface area contributed by atoms with Gasteiger partial charge in [0.2, 0.25) is 0 Å². The van der Waals surface area contributed by atoms with Crippen molar-refractivity contribution in [3.8, 4) is 11.5 Å². The molecule has 2 aromatic carbocycles. The maximum Gasteiger partial charge on any atom is 0.339 e. The SMILES string of the molecule is O=C(O)c1cc(NCc2cc(Cl)cc(Cl)c2O)ccc1O. The van der Waals surface area contributed by atoms with Crippen molar-refractivity contribution < 1.29 is 20.1 Å². The van der Waals surface area contributed by atoms with Crippen LogP contribution in [0.5, 0.6) is 11.5 Å². The predicted molar refractivity (Wildman–Crippen MR) is 80.5 cm³/mol. The molecule has 0 saturated heterocycles. The lowest BCUT2D eigenvalue weighted by molar-refractivity contribution is 0.0694. The number of carboxylic acid groups (broad SMARTS) is 1. The molecule has 5 nitrogen and oxygen atoms in total. The molecule has 0 unspecified atom stereocenters. The topological polar surface area (TPSA) is 89.8 Å². The number of nitrogens with one attached hydrogen (secondary N) is 1. The van der Waals surface area contributed by atoms with Gasteiger partial charge in [0.1, 0.15) is 17.1 Å². The average Bonchev–Trinajstić information content (AvgIpc) is 2.42. The molecule has 21 heavy (non-hydrogen) atoms. The summed E-state index contributed by atoms with van der Waals surface area (Å²) >= 11 is 11.7. The maximum atomic E-state index is 10.9. The molecule has 4 N–H and O–H groups in total. The smallest absolute Gasteiger partial charge is 0.339 e. The zero-order chi connectivity index (χ0) is 15.6. The number of carboxylic acids is 1. The maximum absolute atomic E-state index is 10.9. The zero-order valence-corrected chi connectivity index (χ0v) is 12.1. The Kier molecular flexibility index (Phi) is 4.45. The van der Waals surface area contributed by atoms with E-state index >= 15 is 0 Å². The van der Waals surface area contributed by atoms with Crippen molar-refractivity contribution in [1.29, 1.82) is 0 Å². The normalized spacial score (nSPS) is 10.4. The van der Waals surface area contributed by atoms with Crippen molar-refractivity contribution in [2.24, 2.45) is 0 Å². The molecule has 0 saturated carbocycles. The van der Waals surface area contributed by atoms with E-state index in [1.165, 1.54) is 24.3 Å². The average molecular weight is 328 g/mol. The highest BCUT2D eigenvalue weighted by Crippen LogP contribution is 2.31. The number of carbonyl (C=O) groups is 1. The van der Waals surface area contributed by atoms with Crippen LogP contribution in [-0.2, 0) is 6.54 Å². The first-order valence-electron chi connectivity index (χ1n) is 5.85. The van der Waals surface area contributed by atoms with Crippen LogP contribution in [0.25, 0.3) is 0 Å². The number of halogens is 2. The van der Waals surface area contributed by atoms with Gasteiger partial charge in [0.05, 0.1) is 5.02 Å². The number of hydrogen-bond acceptors (Lipinski definition) is 4. The number of phenolic OH excluding ortho intramolecular Hbond substituents is 1. The molecule has 0 amide bonds. The summed E-state index contributed by atoms with van der Waals surface area (Å²) in [7, 11) is 0. The van der Waals surface area contributed by atoms with Crippen LogP contribution < -0.4 is 5.32 Å². The summed E-state index contributed by atoms with van der Waals surface area (Å²) in [6.45, 7) is 0.190. The molecule has 7 heteroatoms. The highest BCUT2D eigenvalue weighted by Gasteiger charge is 2.11. The van der Waals surface area contributed by atoms with Gasteiger partial charge in [0.25, 0.3) is 0 Å². The minimum atomic E-state index is -1.23. The Hall–Kier alpha value is -2.11. The van der Waals surface area contributed by atoms with Crippen LogP contribution in [0.1, 0.15) is 15.9 Å². The van der Waals surface area contributed by atoms with Gasteiger partial charge >= 0.3 is 5.97 Å². The summed E-state index contributed by atoms with van der Waals surface area (Å²) in [5.74, 6) is -1.64. The van der Waals surface area contributed by atoms with Crippen LogP contribution >= 0.6 is 23.2 Å².